The van der Waals surface area contributed by atoms with Gasteiger partial charge in [0, 0.05) is 28.8 Å². The standard InChI is InChI=1S/C14H17F2IN2/c15-11-1-2-12(17)13(16)10(11)7-19-6-4-14(9-19)3-5-18-8-14/h1-2,18H,3-9H2. The van der Waals surface area contributed by atoms with Gasteiger partial charge in [-0.1, -0.05) is 0 Å². The van der Waals surface area contributed by atoms with Crippen molar-refractivity contribution in [1.82, 2.24) is 10.2 Å². The number of likely N-dealkylation sites (tertiary alicyclic amines) is 1. The van der Waals surface area contributed by atoms with Gasteiger partial charge in [0.2, 0.25) is 0 Å². The molecule has 19 heavy (non-hydrogen) atoms. The van der Waals surface area contributed by atoms with Crippen molar-refractivity contribution in [2.45, 2.75) is 19.4 Å². The van der Waals surface area contributed by atoms with Crippen LogP contribution in [0.2, 0.25) is 0 Å². The maximum atomic E-state index is 14.0. The van der Waals surface area contributed by atoms with Crippen molar-refractivity contribution in [2.75, 3.05) is 26.2 Å². The molecule has 1 aromatic carbocycles. The van der Waals surface area contributed by atoms with Crippen LogP contribution in [-0.2, 0) is 6.54 Å². The lowest BCUT2D eigenvalue weighted by Crippen LogP contribution is -2.29. The summed E-state index contributed by atoms with van der Waals surface area (Å²) in [6.07, 6.45) is 2.31. The lowest BCUT2D eigenvalue weighted by atomic mass is 9.86. The Bertz CT molecular complexity index is 487. The van der Waals surface area contributed by atoms with Crippen molar-refractivity contribution in [3.63, 3.8) is 0 Å². The fraction of sp³-hybridized carbons (Fsp3) is 0.571. The van der Waals surface area contributed by atoms with E-state index >= 15 is 0 Å². The van der Waals surface area contributed by atoms with Crippen LogP contribution in [0.15, 0.2) is 12.1 Å². The van der Waals surface area contributed by atoms with E-state index in [0.29, 0.717) is 15.5 Å². The highest BCUT2D eigenvalue weighted by Crippen LogP contribution is 2.37. The molecule has 2 nitrogen and oxygen atoms in total. The molecule has 2 fully saturated rings. The van der Waals surface area contributed by atoms with Gasteiger partial charge in [-0.05, 0) is 66.1 Å². The number of nitrogens with one attached hydrogen (secondary N) is 1. The summed E-state index contributed by atoms with van der Waals surface area (Å²) in [5.41, 5.74) is 0.560. The first kappa shape index (κ1) is 13.7. The zero-order chi connectivity index (χ0) is 13.5. The molecule has 1 N–H and O–H groups in total. The van der Waals surface area contributed by atoms with Crippen LogP contribution in [0.1, 0.15) is 18.4 Å². The largest absolute Gasteiger partial charge is 0.316 e. The van der Waals surface area contributed by atoms with Crippen molar-refractivity contribution in [1.29, 1.82) is 0 Å². The van der Waals surface area contributed by atoms with E-state index in [4.69, 9.17) is 0 Å². The summed E-state index contributed by atoms with van der Waals surface area (Å²) in [7, 11) is 0. The summed E-state index contributed by atoms with van der Waals surface area (Å²) >= 11 is 1.91. The molecular weight excluding hydrogens is 361 g/mol. The van der Waals surface area contributed by atoms with Gasteiger partial charge >= 0.3 is 0 Å². The van der Waals surface area contributed by atoms with Crippen molar-refractivity contribution in [3.05, 3.63) is 32.9 Å². The molecular formula is C14H17F2IN2. The normalized spacial score (nSPS) is 27.5. The average Bonchev–Trinajstić information content (AvgIpc) is 3.01. The molecule has 1 spiro atoms. The molecule has 1 unspecified atom stereocenters. The highest BCUT2D eigenvalue weighted by molar-refractivity contribution is 14.1. The molecule has 0 bridgehead atoms. The molecule has 0 radical (unpaired) electrons. The SMILES string of the molecule is Fc1ccc(I)c(F)c1CN1CCC2(CCNC2)C1. The van der Waals surface area contributed by atoms with Crippen molar-refractivity contribution < 1.29 is 8.78 Å². The van der Waals surface area contributed by atoms with E-state index in [1.807, 2.05) is 22.6 Å². The second kappa shape index (κ2) is 5.26. The minimum absolute atomic E-state index is 0.218. The molecule has 104 valence electrons. The summed E-state index contributed by atoms with van der Waals surface area (Å²) in [5, 5.41) is 3.40. The van der Waals surface area contributed by atoms with Crippen molar-refractivity contribution >= 4 is 22.6 Å². The summed E-state index contributed by atoms with van der Waals surface area (Å²) in [6.45, 7) is 4.38. The van der Waals surface area contributed by atoms with Crippen LogP contribution in [0.5, 0.6) is 0 Å². The number of nitrogens with zero attached hydrogens (tertiary/aromatic N) is 1. The minimum atomic E-state index is -0.427. The Hall–Kier alpha value is -0.270. The first-order valence-corrected chi connectivity index (χ1v) is 7.73. The summed E-state index contributed by atoms with van der Waals surface area (Å²) in [5.74, 6) is -0.825. The van der Waals surface area contributed by atoms with Gasteiger partial charge in [0.1, 0.15) is 11.6 Å². The Morgan fingerprint density at radius 1 is 1.32 bits per heavy atom. The Kier molecular flexibility index (Phi) is 3.79. The smallest absolute Gasteiger partial charge is 0.143 e. The summed E-state index contributed by atoms with van der Waals surface area (Å²) < 4.78 is 28.3. The molecule has 5 heteroatoms. The predicted molar refractivity (Wildman–Crippen MR) is 78.9 cm³/mol. The fourth-order valence-electron chi connectivity index (χ4n) is 3.24. The third kappa shape index (κ3) is 2.64. The zero-order valence-electron chi connectivity index (χ0n) is 10.7. The molecule has 3 rings (SSSR count). The maximum absolute atomic E-state index is 14.0. The monoisotopic (exact) mass is 378 g/mol. The Labute approximate surface area is 125 Å². The van der Waals surface area contributed by atoms with Gasteiger partial charge in [0.05, 0.1) is 0 Å². The van der Waals surface area contributed by atoms with Gasteiger partial charge in [-0.2, -0.15) is 0 Å². The Balaban J connectivity index is 1.74. The first-order chi connectivity index (χ1) is 9.10. The average molecular weight is 378 g/mol. The van der Waals surface area contributed by atoms with Gasteiger partial charge < -0.3 is 5.32 Å². The number of rotatable bonds is 2. The van der Waals surface area contributed by atoms with Crippen LogP contribution < -0.4 is 5.32 Å². The third-order valence-corrected chi connectivity index (χ3v) is 5.20. The van der Waals surface area contributed by atoms with Crippen molar-refractivity contribution in [2.24, 2.45) is 5.41 Å². The topological polar surface area (TPSA) is 15.3 Å². The van der Waals surface area contributed by atoms with E-state index in [2.05, 4.69) is 10.2 Å². The number of hydrogen-bond acceptors (Lipinski definition) is 2. The zero-order valence-corrected chi connectivity index (χ0v) is 12.8. The van der Waals surface area contributed by atoms with Crippen molar-refractivity contribution in [3.8, 4) is 0 Å². The van der Waals surface area contributed by atoms with Gasteiger partial charge in [-0.15, -0.1) is 0 Å². The van der Waals surface area contributed by atoms with Gasteiger partial charge in [0.15, 0.2) is 0 Å². The lowest BCUT2D eigenvalue weighted by molar-refractivity contribution is 0.262. The molecule has 0 saturated carbocycles. The van der Waals surface area contributed by atoms with Crippen LogP contribution >= 0.6 is 22.6 Å². The van der Waals surface area contributed by atoms with E-state index in [0.717, 1.165) is 32.6 Å². The number of halogens is 3. The highest BCUT2D eigenvalue weighted by atomic mass is 127. The number of benzene rings is 1. The molecule has 2 aliphatic heterocycles. The summed E-state index contributed by atoms with van der Waals surface area (Å²) in [6, 6.07) is 2.85. The molecule has 0 aromatic heterocycles. The third-order valence-electron chi connectivity index (χ3n) is 4.37. The van der Waals surface area contributed by atoms with Gasteiger partial charge in [0.25, 0.3) is 0 Å². The molecule has 1 aromatic rings. The van der Waals surface area contributed by atoms with Crippen LogP contribution in [-0.4, -0.2) is 31.1 Å². The molecule has 1 atom stereocenters. The quantitative estimate of drug-likeness (QED) is 0.629. The highest BCUT2D eigenvalue weighted by Gasteiger charge is 2.40. The van der Waals surface area contributed by atoms with E-state index in [1.54, 1.807) is 0 Å². The molecule has 0 aliphatic carbocycles. The van der Waals surface area contributed by atoms with Crippen LogP contribution in [0, 0.1) is 20.6 Å². The van der Waals surface area contributed by atoms with Gasteiger partial charge in [-0.25, -0.2) is 8.78 Å². The maximum Gasteiger partial charge on any atom is 0.143 e. The van der Waals surface area contributed by atoms with E-state index < -0.39 is 11.6 Å². The second-order valence-electron chi connectivity index (χ2n) is 5.71. The molecule has 2 heterocycles. The number of hydrogen-bond donors (Lipinski definition) is 1. The van der Waals surface area contributed by atoms with E-state index in [9.17, 15) is 8.78 Å². The lowest BCUT2D eigenvalue weighted by Gasteiger charge is -2.23. The molecule has 2 saturated heterocycles. The predicted octanol–water partition coefficient (Wildman–Crippen LogP) is 2.75. The minimum Gasteiger partial charge on any atom is -0.316 e. The van der Waals surface area contributed by atoms with Crippen LogP contribution in [0.4, 0.5) is 8.78 Å². The molecule has 2 aliphatic rings. The summed E-state index contributed by atoms with van der Waals surface area (Å²) in [4.78, 5) is 2.19. The fourth-order valence-corrected chi connectivity index (χ4v) is 3.75. The van der Waals surface area contributed by atoms with Gasteiger partial charge in [-0.3, -0.25) is 4.90 Å². The van der Waals surface area contributed by atoms with E-state index in [1.165, 1.54) is 18.6 Å². The Morgan fingerprint density at radius 2 is 2.16 bits per heavy atom. The Morgan fingerprint density at radius 3 is 2.89 bits per heavy atom. The first-order valence-electron chi connectivity index (χ1n) is 6.65. The van der Waals surface area contributed by atoms with E-state index in [-0.39, 0.29) is 5.56 Å². The van der Waals surface area contributed by atoms with Crippen LogP contribution in [0.3, 0.4) is 0 Å². The second-order valence-corrected chi connectivity index (χ2v) is 6.87. The van der Waals surface area contributed by atoms with Crippen LogP contribution in [0.25, 0.3) is 0 Å². The molecule has 0 amide bonds.